The molecule has 0 bridgehead atoms. The lowest BCUT2D eigenvalue weighted by Crippen LogP contribution is -2.49. The molecular formula is C14H18F4N4OS2. The Morgan fingerprint density at radius 2 is 2.12 bits per heavy atom. The van der Waals surface area contributed by atoms with Crippen LogP contribution in [0, 0.1) is 5.92 Å². The average Bonchev–Trinajstić information content (AvgIpc) is 2.98. The first-order valence-corrected chi connectivity index (χ1v) is 9.18. The Balaban J connectivity index is 2.11. The summed E-state index contributed by atoms with van der Waals surface area (Å²) >= 11 is 6.56. The first-order chi connectivity index (χ1) is 11.7. The molecule has 0 saturated carbocycles. The number of likely N-dealkylation sites (tertiary alicyclic amines) is 1. The van der Waals surface area contributed by atoms with Crippen molar-refractivity contribution in [1.82, 2.24) is 14.7 Å². The third-order valence-electron chi connectivity index (χ3n) is 4.14. The minimum atomic E-state index is -2.99. The molecule has 0 spiro atoms. The summed E-state index contributed by atoms with van der Waals surface area (Å²) < 4.78 is 52.0. The number of piperidine rings is 1. The molecule has 2 unspecified atom stereocenters. The minimum absolute atomic E-state index is 0.000754. The summed E-state index contributed by atoms with van der Waals surface area (Å²) in [5.41, 5.74) is 4.25. The second-order valence-corrected chi connectivity index (χ2v) is 7.21. The minimum Gasteiger partial charge on any atom is -0.393 e. The maximum absolute atomic E-state index is 13.0. The highest BCUT2D eigenvalue weighted by Gasteiger charge is 2.33. The van der Waals surface area contributed by atoms with Gasteiger partial charge in [-0.25, -0.2) is 17.6 Å². The van der Waals surface area contributed by atoms with Crippen LogP contribution in [-0.2, 0) is 11.3 Å². The molecule has 0 aliphatic carbocycles. The molecule has 25 heavy (non-hydrogen) atoms. The zero-order valence-electron chi connectivity index (χ0n) is 13.4. The smallest absolute Gasteiger partial charge is 0.282 e. The Hall–Kier alpha value is -1.36. The molecule has 11 heteroatoms. The number of hydrogen-bond acceptors (Lipinski definition) is 4. The SMILES string of the molecule is CSC1CN(C(=O)Cn2nc(C(F)F)cc2C(F)F)CCC1C(N)=S. The van der Waals surface area contributed by atoms with Gasteiger partial charge in [0.05, 0.1) is 4.99 Å². The van der Waals surface area contributed by atoms with Crippen molar-refractivity contribution < 1.29 is 22.4 Å². The quantitative estimate of drug-likeness (QED) is 0.590. The van der Waals surface area contributed by atoms with Crippen LogP contribution < -0.4 is 5.73 Å². The van der Waals surface area contributed by atoms with Gasteiger partial charge in [0, 0.05) is 24.3 Å². The lowest BCUT2D eigenvalue weighted by atomic mass is 9.96. The number of amides is 1. The lowest BCUT2D eigenvalue weighted by Gasteiger charge is -2.37. The fourth-order valence-corrected chi connectivity index (χ4v) is 4.10. The monoisotopic (exact) mass is 398 g/mol. The Labute approximate surface area is 151 Å². The van der Waals surface area contributed by atoms with Gasteiger partial charge in [-0.2, -0.15) is 16.9 Å². The highest BCUT2D eigenvalue weighted by atomic mass is 32.2. The van der Waals surface area contributed by atoms with Crippen molar-refractivity contribution in [2.45, 2.75) is 31.1 Å². The largest absolute Gasteiger partial charge is 0.393 e. The van der Waals surface area contributed by atoms with E-state index in [1.165, 1.54) is 16.7 Å². The third kappa shape index (κ3) is 4.63. The summed E-state index contributed by atoms with van der Waals surface area (Å²) in [5, 5.41) is 3.45. The molecule has 2 rings (SSSR count). The number of nitrogens with zero attached hydrogens (tertiary/aromatic N) is 3. The van der Waals surface area contributed by atoms with Gasteiger partial charge in [-0.3, -0.25) is 9.48 Å². The van der Waals surface area contributed by atoms with Crippen molar-refractivity contribution >= 4 is 34.9 Å². The predicted molar refractivity (Wildman–Crippen MR) is 90.9 cm³/mol. The predicted octanol–water partition coefficient (Wildman–Crippen LogP) is 2.62. The molecular weight excluding hydrogens is 380 g/mol. The molecule has 1 saturated heterocycles. The molecule has 140 valence electrons. The Morgan fingerprint density at radius 3 is 2.64 bits per heavy atom. The van der Waals surface area contributed by atoms with Crippen LogP contribution >= 0.6 is 24.0 Å². The molecule has 5 nitrogen and oxygen atoms in total. The number of nitrogens with two attached hydrogens (primary N) is 1. The van der Waals surface area contributed by atoms with Crippen molar-refractivity contribution in [2.75, 3.05) is 19.3 Å². The van der Waals surface area contributed by atoms with E-state index in [-0.39, 0.29) is 11.2 Å². The van der Waals surface area contributed by atoms with Gasteiger partial charge in [0.1, 0.15) is 17.9 Å². The molecule has 2 N–H and O–H groups in total. The molecule has 0 radical (unpaired) electrons. The van der Waals surface area contributed by atoms with Gasteiger partial charge in [0.2, 0.25) is 5.91 Å². The van der Waals surface area contributed by atoms with Crippen molar-refractivity contribution in [3.63, 3.8) is 0 Å². The summed E-state index contributed by atoms with van der Waals surface area (Å²) in [5.74, 6) is -0.452. The first-order valence-electron chi connectivity index (χ1n) is 7.48. The van der Waals surface area contributed by atoms with E-state index in [9.17, 15) is 22.4 Å². The standard InChI is InChI=1S/C14H18F4N4OS2/c1-25-10-5-21(3-2-7(10)14(19)24)11(23)6-22-9(13(17)18)4-8(20-22)12(15)16/h4,7,10,12-13H,2-3,5-6H2,1H3,(H2,19,24). The molecule has 2 atom stereocenters. The van der Waals surface area contributed by atoms with Gasteiger partial charge in [-0.05, 0) is 18.7 Å². The molecule has 1 fully saturated rings. The molecule has 1 aliphatic heterocycles. The highest BCUT2D eigenvalue weighted by Crippen LogP contribution is 2.28. The van der Waals surface area contributed by atoms with Gasteiger partial charge >= 0.3 is 0 Å². The zero-order chi connectivity index (χ0) is 18.7. The molecule has 1 amide bonds. The fourth-order valence-electron chi connectivity index (χ4n) is 2.80. The van der Waals surface area contributed by atoms with Crippen LogP contribution in [0.2, 0.25) is 0 Å². The second-order valence-electron chi connectivity index (χ2n) is 5.66. The molecule has 1 aliphatic rings. The van der Waals surface area contributed by atoms with E-state index in [2.05, 4.69) is 5.10 Å². The number of halogens is 4. The Kier molecular flexibility index (Phi) is 6.66. The van der Waals surface area contributed by atoms with Gasteiger partial charge in [0.25, 0.3) is 12.9 Å². The van der Waals surface area contributed by atoms with Crippen LogP contribution in [0.5, 0.6) is 0 Å². The van der Waals surface area contributed by atoms with Gasteiger partial charge in [-0.15, -0.1) is 0 Å². The van der Waals surface area contributed by atoms with Crippen LogP contribution in [0.1, 0.15) is 30.7 Å². The van der Waals surface area contributed by atoms with E-state index >= 15 is 0 Å². The fraction of sp³-hybridized carbons (Fsp3) is 0.643. The van der Waals surface area contributed by atoms with Crippen LogP contribution in [0.25, 0.3) is 0 Å². The van der Waals surface area contributed by atoms with Crippen molar-refractivity contribution in [3.8, 4) is 0 Å². The van der Waals surface area contributed by atoms with Crippen LogP contribution in [-0.4, -0.2) is 50.2 Å². The summed E-state index contributed by atoms with van der Waals surface area (Å²) in [6.07, 6.45) is -3.51. The van der Waals surface area contributed by atoms with Crippen molar-refractivity contribution in [3.05, 3.63) is 17.5 Å². The number of thiocarbonyl (C=S) groups is 1. The van der Waals surface area contributed by atoms with Crippen LogP contribution in [0.15, 0.2) is 6.07 Å². The number of rotatable bonds is 6. The maximum Gasteiger partial charge on any atom is 0.282 e. The molecule has 1 aromatic heterocycles. The normalized spacial score (nSPS) is 21.2. The zero-order valence-corrected chi connectivity index (χ0v) is 15.0. The summed E-state index contributed by atoms with van der Waals surface area (Å²) in [6, 6.07) is 0.631. The van der Waals surface area contributed by atoms with E-state index in [4.69, 9.17) is 18.0 Å². The molecule has 0 aromatic carbocycles. The van der Waals surface area contributed by atoms with E-state index in [0.29, 0.717) is 35.2 Å². The van der Waals surface area contributed by atoms with Gasteiger partial charge < -0.3 is 10.6 Å². The van der Waals surface area contributed by atoms with E-state index in [0.717, 1.165) is 0 Å². The highest BCUT2D eigenvalue weighted by molar-refractivity contribution is 7.99. The summed E-state index contributed by atoms with van der Waals surface area (Å²) in [4.78, 5) is 14.3. The number of carbonyl (C=O) groups excluding carboxylic acids is 1. The topological polar surface area (TPSA) is 64.2 Å². The number of carbonyl (C=O) groups is 1. The van der Waals surface area contributed by atoms with Crippen LogP contribution in [0.4, 0.5) is 17.6 Å². The third-order valence-corrected chi connectivity index (χ3v) is 5.53. The lowest BCUT2D eigenvalue weighted by molar-refractivity contribution is -0.133. The van der Waals surface area contributed by atoms with E-state index < -0.39 is 36.7 Å². The Bertz CT molecular complexity index is 640. The number of alkyl halides is 4. The summed E-state index contributed by atoms with van der Waals surface area (Å²) in [7, 11) is 0. The number of thioether (sulfide) groups is 1. The Morgan fingerprint density at radius 1 is 1.44 bits per heavy atom. The van der Waals surface area contributed by atoms with Crippen LogP contribution in [0.3, 0.4) is 0 Å². The number of hydrogen-bond donors (Lipinski definition) is 1. The first kappa shape index (κ1) is 20.0. The van der Waals surface area contributed by atoms with E-state index in [1.807, 2.05) is 6.26 Å². The van der Waals surface area contributed by atoms with E-state index in [1.54, 1.807) is 0 Å². The maximum atomic E-state index is 13.0. The van der Waals surface area contributed by atoms with Gasteiger partial charge in [0.15, 0.2) is 0 Å². The average molecular weight is 398 g/mol. The molecule has 1 aromatic rings. The second kappa shape index (κ2) is 8.35. The van der Waals surface area contributed by atoms with Crippen molar-refractivity contribution in [2.24, 2.45) is 11.7 Å². The van der Waals surface area contributed by atoms with Crippen molar-refractivity contribution in [1.29, 1.82) is 0 Å². The summed E-state index contributed by atoms with van der Waals surface area (Å²) in [6.45, 7) is 0.241. The number of aromatic nitrogens is 2. The van der Waals surface area contributed by atoms with Gasteiger partial charge in [-0.1, -0.05) is 12.2 Å². The molecule has 2 heterocycles.